The van der Waals surface area contributed by atoms with Gasteiger partial charge in [-0.2, -0.15) is 5.10 Å². The van der Waals surface area contributed by atoms with Crippen LogP contribution in [-0.4, -0.2) is 49.8 Å². The van der Waals surface area contributed by atoms with Gasteiger partial charge in [0.2, 0.25) is 9.84 Å². The van der Waals surface area contributed by atoms with Gasteiger partial charge in [-0.25, -0.2) is 8.42 Å². The fraction of sp³-hybridized carbons (Fsp3) is 0.207. The van der Waals surface area contributed by atoms with E-state index in [-0.39, 0.29) is 9.92 Å². The van der Waals surface area contributed by atoms with E-state index >= 15 is 0 Å². The molecule has 8 heteroatoms. The molecule has 0 bridgehead atoms. The molecule has 5 rings (SSSR count). The highest BCUT2D eigenvalue weighted by molar-refractivity contribution is 7.91. The monoisotopic (exact) mass is 533 g/mol. The molecule has 0 saturated heterocycles. The molecule has 0 radical (unpaired) electrons. The summed E-state index contributed by atoms with van der Waals surface area (Å²) in [5, 5.41) is 7.33. The summed E-state index contributed by atoms with van der Waals surface area (Å²) in [5.74, 6) is 0.605. The molecule has 4 aromatic carbocycles. The number of halogens is 1. The Morgan fingerprint density at radius 2 is 1.73 bits per heavy atom. The molecule has 190 valence electrons. The van der Waals surface area contributed by atoms with Gasteiger partial charge in [0.25, 0.3) is 0 Å². The van der Waals surface area contributed by atoms with Crippen molar-refractivity contribution in [1.29, 1.82) is 0 Å². The molecule has 5 aromatic rings. The third kappa shape index (κ3) is 5.21. The zero-order valence-electron chi connectivity index (χ0n) is 20.8. The predicted octanol–water partition coefficient (Wildman–Crippen LogP) is 6.05. The van der Waals surface area contributed by atoms with Crippen molar-refractivity contribution in [3.63, 3.8) is 0 Å². The van der Waals surface area contributed by atoms with Crippen molar-refractivity contribution in [2.24, 2.45) is 0 Å². The van der Waals surface area contributed by atoms with E-state index in [0.717, 1.165) is 24.0 Å². The second-order valence-electron chi connectivity index (χ2n) is 9.00. The van der Waals surface area contributed by atoms with Gasteiger partial charge >= 0.3 is 0 Å². The molecule has 0 N–H and O–H groups in total. The van der Waals surface area contributed by atoms with Gasteiger partial charge in [-0.3, -0.25) is 4.68 Å². The van der Waals surface area contributed by atoms with Crippen molar-refractivity contribution in [1.82, 2.24) is 14.7 Å². The second-order valence-corrected chi connectivity index (χ2v) is 11.3. The first kappa shape index (κ1) is 25.3. The lowest BCUT2D eigenvalue weighted by molar-refractivity contribution is 0.244. The van der Waals surface area contributed by atoms with E-state index in [1.54, 1.807) is 22.9 Å². The molecule has 0 aliphatic heterocycles. The number of fused-ring (bicyclic) bond motifs is 2. The molecule has 0 aliphatic rings. The summed E-state index contributed by atoms with van der Waals surface area (Å²) >= 11 is 6.20. The van der Waals surface area contributed by atoms with Crippen LogP contribution >= 0.6 is 11.6 Å². The summed E-state index contributed by atoms with van der Waals surface area (Å²) in [6.45, 7) is 4.65. The minimum atomic E-state index is -3.95. The molecule has 0 unspecified atom stereocenters. The van der Waals surface area contributed by atoms with Gasteiger partial charge < -0.3 is 9.64 Å². The highest BCUT2D eigenvalue weighted by atomic mass is 35.5. The highest BCUT2D eigenvalue weighted by Gasteiger charge is 2.27. The fourth-order valence-corrected chi connectivity index (χ4v) is 6.17. The van der Waals surface area contributed by atoms with Crippen LogP contribution in [-0.2, 0) is 16.4 Å². The Morgan fingerprint density at radius 3 is 2.54 bits per heavy atom. The SMILES string of the molecule is CCN(C)CCOc1ccc2c(c1)c(S(=O)(=O)c1cccc3ccccc13)nn2Cc1cccc(Cl)c1. The van der Waals surface area contributed by atoms with Crippen LogP contribution in [0.2, 0.25) is 5.02 Å². The van der Waals surface area contributed by atoms with Crippen LogP contribution in [0.25, 0.3) is 21.7 Å². The maximum absolute atomic E-state index is 14.1. The Hall–Kier alpha value is -3.39. The number of rotatable bonds is 9. The first-order valence-corrected chi connectivity index (χ1v) is 14.0. The quantitative estimate of drug-likeness (QED) is 0.230. The minimum absolute atomic E-state index is 0.0111. The third-order valence-electron chi connectivity index (χ3n) is 6.48. The number of hydrogen-bond acceptors (Lipinski definition) is 5. The van der Waals surface area contributed by atoms with Crippen LogP contribution in [0, 0.1) is 0 Å². The topological polar surface area (TPSA) is 64.4 Å². The molecular formula is C29H28ClN3O3S. The third-order valence-corrected chi connectivity index (χ3v) is 8.47. The number of nitrogens with zero attached hydrogens (tertiary/aromatic N) is 3. The van der Waals surface area contributed by atoms with Crippen molar-refractivity contribution in [3.05, 3.63) is 95.5 Å². The van der Waals surface area contributed by atoms with Crippen molar-refractivity contribution >= 4 is 43.1 Å². The number of benzene rings is 4. The molecule has 1 heterocycles. The Morgan fingerprint density at radius 1 is 0.946 bits per heavy atom. The molecule has 0 amide bonds. The highest BCUT2D eigenvalue weighted by Crippen LogP contribution is 2.34. The van der Waals surface area contributed by atoms with Gasteiger partial charge in [-0.05, 0) is 60.9 Å². The first-order valence-electron chi connectivity index (χ1n) is 12.2. The maximum Gasteiger partial charge on any atom is 0.226 e. The zero-order valence-corrected chi connectivity index (χ0v) is 22.3. The Balaban J connectivity index is 1.63. The molecule has 0 fully saturated rings. The molecule has 0 aliphatic carbocycles. The van der Waals surface area contributed by atoms with Crippen molar-refractivity contribution in [2.45, 2.75) is 23.4 Å². The van der Waals surface area contributed by atoms with Gasteiger partial charge in [0.15, 0.2) is 5.03 Å². The number of hydrogen-bond donors (Lipinski definition) is 0. The van der Waals surface area contributed by atoms with Gasteiger partial charge in [0, 0.05) is 22.3 Å². The van der Waals surface area contributed by atoms with Crippen LogP contribution in [0.1, 0.15) is 12.5 Å². The lowest BCUT2D eigenvalue weighted by atomic mass is 10.1. The van der Waals surface area contributed by atoms with E-state index in [1.807, 2.05) is 73.8 Å². The number of likely N-dealkylation sites (N-methyl/N-ethyl adjacent to an activating group) is 1. The lowest BCUT2D eigenvalue weighted by Crippen LogP contribution is -2.23. The number of aromatic nitrogens is 2. The average molecular weight is 534 g/mol. The molecule has 0 saturated carbocycles. The van der Waals surface area contributed by atoms with Crippen LogP contribution < -0.4 is 4.74 Å². The second kappa shape index (κ2) is 10.5. The van der Waals surface area contributed by atoms with Gasteiger partial charge in [0.1, 0.15) is 12.4 Å². The first-order chi connectivity index (χ1) is 17.9. The maximum atomic E-state index is 14.1. The van der Waals surface area contributed by atoms with Crippen LogP contribution in [0.15, 0.2) is 94.9 Å². The van der Waals surface area contributed by atoms with Crippen molar-refractivity contribution in [3.8, 4) is 5.75 Å². The molecule has 37 heavy (non-hydrogen) atoms. The molecule has 0 atom stereocenters. The zero-order chi connectivity index (χ0) is 26.0. The Kier molecular flexibility index (Phi) is 7.20. The Labute approximate surface area is 222 Å². The molecular weight excluding hydrogens is 506 g/mol. The fourth-order valence-electron chi connectivity index (χ4n) is 4.36. The summed E-state index contributed by atoms with van der Waals surface area (Å²) in [5.41, 5.74) is 1.63. The van der Waals surface area contributed by atoms with Crippen LogP contribution in [0.3, 0.4) is 0 Å². The van der Waals surface area contributed by atoms with E-state index in [0.29, 0.717) is 40.2 Å². The minimum Gasteiger partial charge on any atom is -0.492 e. The predicted molar refractivity (Wildman–Crippen MR) is 148 cm³/mol. The number of ether oxygens (including phenoxy) is 1. The smallest absolute Gasteiger partial charge is 0.226 e. The van der Waals surface area contributed by atoms with Crippen molar-refractivity contribution < 1.29 is 13.2 Å². The summed E-state index contributed by atoms with van der Waals surface area (Å²) < 4.78 is 35.9. The molecule has 1 aromatic heterocycles. The Bertz CT molecular complexity index is 1680. The van der Waals surface area contributed by atoms with Gasteiger partial charge in [-0.1, -0.05) is 67.1 Å². The van der Waals surface area contributed by atoms with E-state index in [9.17, 15) is 8.42 Å². The molecule has 0 spiro atoms. The summed E-state index contributed by atoms with van der Waals surface area (Å²) in [6, 6.07) is 25.8. The summed E-state index contributed by atoms with van der Waals surface area (Å²) in [4.78, 5) is 2.38. The number of sulfone groups is 1. The van der Waals surface area contributed by atoms with Crippen molar-refractivity contribution in [2.75, 3.05) is 26.7 Å². The standard InChI is InChI=1S/C29H28ClN3O3S/c1-3-32(2)16-17-36-24-14-15-27-26(19-24)29(31-33(27)20-21-8-6-11-23(30)18-21)37(34,35)28-13-7-10-22-9-4-5-12-25(22)28/h4-15,18-19H,3,16-17,20H2,1-2H3. The summed E-state index contributed by atoms with van der Waals surface area (Å²) in [7, 11) is -1.92. The summed E-state index contributed by atoms with van der Waals surface area (Å²) in [6.07, 6.45) is 0. The van der Waals surface area contributed by atoms with Crippen LogP contribution in [0.4, 0.5) is 0 Å². The van der Waals surface area contributed by atoms with E-state index in [1.165, 1.54) is 0 Å². The average Bonchev–Trinajstić information content (AvgIpc) is 3.26. The largest absolute Gasteiger partial charge is 0.492 e. The van der Waals surface area contributed by atoms with Gasteiger partial charge in [0.05, 0.1) is 17.0 Å². The lowest BCUT2D eigenvalue weighted by Gasteiger charge is -2.14. The van der Waals surface area contributed by atoms with E-state index in [4.69, 9.17) is 16.3 Å². The normalized spacial score (nSPS) is 12.0. The van der Waals surface area contributed by atoms with Crippen LogP contribution in [0.5, 0.6) is 5.75 Å². The molecule has 6 nitrogen and oxygen atoms in total. The van der Waals surface area contributed by atoms with Gasteiger partial charge in [-0.15, -0.1) is 0 Å². The van der Waals surface area contributed by atoms with E-state index in [2.05, 4.69) is 16.9 Å². The van der Waals surface area contributed by atoms with E-state index < -0.39 is 9.84 Å².